The number of aromatic nitrogens is 3. The van der Waals surface area contributed by atoms with E-state index in [-0.39, 0.29) is 22.7 Å². The lowest BCUT2D eigenvalue weighted by molar-refractivity contribution is -0.113. The highest BCUT2D eigenvalue weighted by Crippen LogP contribution is 2.35. The van der Waals surface area contributed by atoms with Gasteiger partial charge in [-0.3, -0.25) is 9.36 Å². The molecule has 5 nitrogen and oxygen atoms in total. The molecule has 0 saturated carbocycles. The lowest BCUT2D eigenvalue weighted by atomic mass is 10.1. The Labute approximate surface area is 186 Å². The van der Waals surface area contributed by atoms with Crippen molar-refractivity contribution in [2.75, 3.05) is 11.1 Å². The van der Waals surface area contributed by atoms with Crippen molar-refractivity contribution < 1.29 is 9.18 Å². The third-order valence-corrected chi connectivity index (χ3v) is 6.63. The van der Waals surface area contributed by atoms with E-state index in [0.717, 1.165) is 16.8 Å². The van der Waals surface area contributed by atoms with Crippen molar-refractivity contribution in [3.63, 3.8) is 0 Å². The summed E-state index contributed by atoms with van der Waals surface area (Å²) in [6, 6.07) is 12.4. The Morgan fingerprint density at radius 3 is 2.83 bits per heavy atom. The second-order valence-electron chi connectivity index (χ2n) is 6.88. The Hall–Kier alpha value is -2.42. The van der Waals surface area contributed by atoms with E-state index in [2.05, 4.69) is 46.9 Å². The lowest BCUT2D eigenvalue weighted by Crippen LogP contribution is -2.15. The van der Waals surface area contributed by atoms with E-state index in [1.165, 1.54) is 34.7 Å². The molecule has 154 valence electrons. The SMILES string of the molecule is CC(C)n1c(SCC(=O)Nc2ccc(F)c(Cl)c2)nnc1-c1csc2ccccc12. The molecule has 30 heavy (non-hydrogen) atoms. The number of nitrogens with one attached hydrogen (secondary N) is 1. The smallest absolute Gasteiger partial charge is 0.234 e. The number of halogens is 2. The molecule has 1 N–H and O–H groups in total. The minimum atomic E-state index is -0.525. The molecule has 2 aromatic heterocycles. The van der Waals surface area contributed by atoms with Crippen molar-refractivity contribution >= 4 is 56.4 Å². The number of fused-ring (bicyclic) bond motifs is 1. The molecule has 0 saturated heterocycles. The number of amides is 1. The standard InChI is InChI=1S/C21H18ClFN4OS2/c1-12(2)27-20(15-10-29-18-6-4-3-5-14(15)18)25-26-21(27)30-11-19(28)24-13-7-8-17(23)16(22)9-13/h3-10,12H,11H2,1-2H3,(H,24,28). The highest BCUT2D eigenvalue weighted by Gasteiger charge is 2.20. The average Bonchev–Trinajstić information content (AvgIpc) is 3.33. The van der Waals surface area contributed by atoms with Crippen molar-refractivity contribution in [1.82, 2.24) is 14.8 Å². The van der Waals surface area contributed by atoms with Crippen LogP contribution in [0.15, 0.2) is 53.0 Å². The molecule has 4 rings (SSSR count). The molecule has 0 fully saturated rings. The minimum Gasteiger partial charge on any atom is -0.325 e. The van der Waals surface area contributed by atoms with Crippen LogP contribution in [-0.2, 0) is 4.79 Å². The van der Waals surface area contributed by atoms with Crippen LogP contribution < -0.4 is 5.32 Å². The number of anilines is 1. The molecular formula is C21H18ClFN4OS2. The number of thiophene rings is 1. The Bertz CT molecular complexity index is 1220. The summed E-state index contributed by atoms with van der Waals surface area (Å²) >= 11 is 8.74. The van der Waals surface area contributed by atoms with Crippen LogP contribution in [-0.4, -0.2) is 26.4 Å². The van der Waals surface area contributed by atoms with E-state index in [9.17, 15) is 9.18 Å². The normalized spacial score (nSPS) is 11.4. The van der Waals surface area contributed by atoms with Gasteiger partial charge in [-0.1, -0.05) is 41.6 Å². The zero-order valence-corrected chi connectivity index (χ0v) is 18.6. The van der Waals surface area contributed by atoms with Gasteiger partial charge in [-0.2, -0.15) is 0 Å². The van der Waals surface area contributed by atoms with E-state index < -0.39 is 5.82 Å². The van der Waals surface area contributed by atoms with Crippen LogP contribution in [0.4, 0.5) is 10.1 Å². The Balaban J connectivity index is 1.53. The molecule has 2 aromatic carbocycles. The van der Waals surface area contributed by atoms with Gasteiger partial charge in [-0.25, -0.2) is 4.39 Å². The van der Waals surface area contributed by atoms with E-state index in [1.54, 1.807) is 11.3 Å². The topological polar surface area (TPSA) is 59.8 Å². The van der Waals surface area contributed by atoms with Crippen molar-refractivity contribution in [3.8, 4) is 11.4 Å². The van der Waals surface area contributed by atoms with E-state index in [0.29, 0.717) is 10.8 Å². The number of hydrogen-bond donors (Lipinski definition) is 1. The molecule has 0 unspecified atom stereocenters. The lowest BCUT2D eigenvalue weighted by Gasteiger charge is -2.13. The van der Waals surface area contributed by atoms with Crippen LogP contribution in [0, 0.1) is 5.82 Å². The number of benzene rings is 2. The van der Waals surface area contributed by atoms with E-state index in [4.69, 9.17) is 11.6 Å². The van der Waals surface area contributed by atoms with Gasteiger partial charge >= 0.3 is 0 Å². The zero-order chi connectivity index (χ0) is 21.3. The third-order valence-electron chi connectivity index (χ3n) is 4.44. The zero-order valence-electron chi connectivity index (χ0n) is 16.2. The number of hydrogen-bond acceptors (Lipinski definition) is 5. The summed E-state index contributed by atoms with van der Waals surface area (Å²) in [5.41, 5.74) is 1.48. The van der Waals surface area contributed by atoms with Crippen molar-refractivity contribution in [1.29, 1.82) is 0 Å². The first-order chi connectivity index (χ1) is 14.4. The maximum absolute atomic E-state index is 13.3. The van der Waals surface area contributed by atoms with Gasteiger partial charge in [-0.15, -0.1) is 21.5 Å². The highest BCUT2D eigenvalue weighted by molar-refractivity contribution is 7.99. The van der Waals surface area contributed by atoms with Gasteiger partial charge < -0.3 is 5.32 Å². The quantitative estimate of drug-likeness (QED) is 0.345. The number of rotatable bonds is 6. The fraction of sp³-hybridized carbons (Fsp3) is 0.190. The molecule has 0 spiro atoms. The largest absolute Gasteiger partial charge is 0.325 e. The van der Waals surface area contributed by atoms with Gasteiger partial charge in [0.2, 0.25) is 5.91 Å². The van der Waals surface area contributed by atoms with Crippen molar-refractivity contribution in [3.05, 3.63) is 58.7 Å². The molecule has 0 aliphatic rings. The second kappa shape index (κ2) is 8.75. The van der Waals surface area contributed by atoms with Gasteiger partial charge in [0.05, 0.1) is 10.8 Å². The van der Waals surface area contributed by atoms with E-state index in [1.807, 2.05) is 16.7 Å². The predicted molar refractivity (Wildman–Crippen MR) is 122 cm³/mol. The minimum absolute atomic E-state index is 0.0346. The van der Waals surface area contributed by atoms with Crippen LogP contribution in [0.2, 0.25) is 5.02 Å². The maximum Gasteiger partial charge on any atom is 0.234 e. The molecule has 0 aliphatic heterocycles. The summed E-state index contributed by atoms with van der Waals surface area (Å²) in [6.45, 7) is 4.12. The molecule has 4 aromatic rings. The number of thioether (sulfide) groups is 1. The molecule has 1 amide bonds. The molecule has 0 aliphatic carbocycles. The van der Waals surface area contributed by atoms with Gasteiger partial charge in [-0.05, 0) is 38.1 Å². The molecule has 2 heterocycles. The third kappa shape index (κ3) is 4.21. The molecule has 9 heteroatoms. The van der Waals surface area contributed by atoms with Gasteiger partial charge in [0.15, 0.2) is 11.0 Å². The predicted octanol–water partition coefficient (Wildman–Crippen LogP) is 6.26. The molecular weight excluding hydrogens is 443 g/mol. The summed E-state index contributed by atoms with van der Waals surface area (Å²) in [4.78, 5) is 12.3. The summed E-state index contributed by atoms with van der Waals surface area (Å²) in [5.74, 6) is 0.172. The van der Waals surface area contributed by atoms with E-state index >= 15 is 0 Å². The van der Waals surface area contributed by atoms with Crippen LogP contribution in [0.5, 0.6) is 0 Å². The summed E-state index contributed by atoms with van der Waals surface area (Å²) in [7, 11) is 0. The van der Waals surface area contributed by atoms with Crippen LogP contribution in [0.1, 0.15) is 19.9 Å². The fourth-order valence-corrected chi connectivity index (χ4v) is 5.06. The first kappa shape index (κ1) is 20.8. The maximum atomic E-state index is 13.3. The highest BCUT2D eigenvalue weighted by atomic mass is 35.5. The molecule has 0 bridgehead atoms. The Morgan fingerprint density at radius 1 is 1.27 bits per heavy atom. The number of nitrogens with zero attached hydrogens (tertiary/aromatic N) is 3. The van der Waals surface area contributed by atoms with Crippen LogP contribution in [0.25, 0.3) is 21.5 Å². The Morgan fingerprint density at radius 2 is 2.07 bits per heavy atom. The van der Waals surface area contributed by atoms with Crippen molar-refractivity contribution in [2.24, 2.45) is 0 Å². The fourth-order valence-electron chi connectivity index (χ4n) is 3.08. The van der Waals surface area contributed by atoms with Gasteiger partial charge in [0.25, 0.3) is 0 Å². The van der Waals surface area contributed by atoms with Crippen LogP contribution >= 0.6 is 34.7 Å². The molecule has 0 atom stereocenters. The first-order valence-corrected chi connectivity index (χ1v) is 11.5. The van der Waals surface area contributed by atoms with Crippen molar-refractivity contribution in [2.45, 2.75) is 25.0 Å². The second-order valence-corrected chi connectivity index (χ2v) is 9.14. The first-order valence-electron chi connectivity index (χ1n) is 9.23. The summed E-state index contributed by atoms with van der Waals surface area (Å²) < 4.78 is 16.5. The number of carbonyl (C=O) groups excluding carboxylic acids is 1. The summed E-state index contributed by atoms with van der Waals surface area (Å²) in [5, 5.41) is 15.3. The monoisotopic (exact) mass is 460 g/mol. The van der Waals surface area contributed by atoms with Crippen LogP contribution in [0.3, 0.4) is 0 Å². The average molecular weight is 461 g/mol. The van der Waals surface area contributed by atoms with Gasteiger partial charge in [0, 0.05) is 32.8 Å². The van der Waals surface area contributed by atoms with Gasteiger partial charge in [0.1, 0.15) is 5.82 Å². The number of carbonyl (C=O) groups is 1. The molecule has 0 radical (unpaired) electrons. The Kier molecular flexibility index (Phi) is 6.08. The summed E-state index contributed by atoms with van der Waals surface area (Å²) in [6.07, 6.45) is 0.